The van der Waals surface area contributed by atoms with E-state index in [2.05, 4.69) is 15.5 Å². The van der Waals surface area contributed by atoms with Crippen LogP contribution in [-0.4, -0.2) is 23.0 Å². The number of anilines is 2. The van der Waals surface area contributed by atoms with Crippen LogP contribution in [0, 0.1) is 6.92 Å². The lowest BCUT2D eigenvalue weighted by molar-refractivity contribution is -0.121. The quantitative estimate of drug-likeness (QED) is 0.208. The Morgan fingerprint density at radius 1 is 0.816 bits per heavy atom. The van der Waals surface area contributed by atoms with Gasteiger partial charge in [0, 0.05) is 22.6 Å². The molecule has 0 bridgehead atoms. The van der Waals surface area contributed by atoms with Crippen molar-refractivity contribution in [3.05, 3.63) is 114 Å². The fourth-order valence-electron chi connectivity index (χ4n) is 3.94. The van der Waals surface area contributed by atoms with E-state index in [4.69, 9.17) is 0 Å². The van der Waals surface area contributed by atoms with Gasteiger partial charge in [0.1, 0.15) is 0 Å². The van der Waals surface area contributed by atoms with E-state index in [9.17, 15) is 14.4 Å². The number of hydrogen-bond donors (Lipinski definition) is 1. The summed E-state index contributed by atoms with van der Waals surface area (Å²) in [6.45, 7) is 1.97. The van der Waals surface area contributed by atoms with E-state index < -0.39 is 5.25 Å². The number of nitrogens with zero attached hydrogens (tertiary/aromatic N) is 3. The zero-order valence-electron chi connectivity index (χ0n) is 20.6. The van der Waals surface area contributed by atoms with Gasteiger partial charge in [-0.2, -0.15) is 10.2 Å². The van der Waals surface area contributed by atoms with Gasteiger partial charge in [-0.15, -0.1) is 11.8 Å². The van der Waals surface area contributed by atoms with Crippen molar-refractivity contribution in [2.24, 2.45) is 10.2 Å². The molecule has 8 heteroatoms. The molecule has 1 aliphatic heterocycles. The standard InChI is InChI=1S/C30H24N4O3S/c1-20-7-9-21(10-8-20)29(36)31-22-13-17-26(18-14-22)38-27-19-28(35)34(30(27)37)25-15-11-24(12-16-25)33-32-23-5-3-2-4-6-23/h2-18,27H,19H2,1H3,(H,31,36). The number of thioether (sulfide) groups is 1. The van der Waals surface area contributed by atoms with Crippen LogP contribution in [-0.2, 0) is 9.59 Å². The van der Waals surface area contributed by atoms with Crippen LogP contribution in [0.2, 0.25) is 0 Å². The Labute approximate surface area is 224 Å². The second kappa shape index (κ2) is 11.2. The average Bonchev–Trinajstić information content (AvgIpc) is 3.22. The van der Waals surface area contributed by atoms with Crippen molar-refractivity contribution < 1.29 is 14.4 Å². The lowest BCUT2D eigenvalue weighted by Gasteiger charge is -2.15. The van der Waals surface area contributed by atoms with E-state index in [0.29, 0.717) is 22.6 Å². The van der Waals surface area contributed by atoms with Crippen LogP contribution in [0.3, 0.4) is 0 Å². The van der Waals surface area contributed by atoms with Crippen LogP contribution in [0.15, 0.2) is 118 Å². The topological polar surface area (TPSA) is 91.2 Å². The summed E-state index contributed by atoms with van der Waals surface area (Å²) in [5.41, 5.74) is 4.19. The molecule has 1 aliphatic rings. The summed E-state index contributed by atoms with van der Waals surface area (Å²) in [5, 5.41) is 10.7. The first kappa shape index (κ1) is 25.1. The molecule has 3 amide bonds. The molecule has 1 saturated heterocycles. The van der Waals surface area contributed by atoms with Crippen molar-refractivity contribution in [2.45, 2.75) is 23.5 Å². The molecule has 4 aromatic carbocycles. The predicted octanol–water partition coefficient (Wildman–Crippen LogP) is 7.09. The summed E-state index contributed by atoms with van der Waals surface area (Å²) >= 11 is 1.34. The Hall–Kier alpha value is -4.56. The number of nitrogens with one attached hydrogen (secondary N) is 1. The molecule has 7 nitrogen and oxygen atoms in total. The summed E-state index contributed by atoms with van der Waals surface area (Å²) in [6, 6.07) is 30.8. The number of imide groups is 1. The highest BCUT2D eigenvalue weighted by Crippen LogP contribution is 2.35. The van der Waals surface area contributed by atoms with Crippen molar-refractivity contribution in [3.8, 4) is 0 Å². The maximum atomic E-state index is 13.1. The number of carbonyl (C=O) groups is 3. The zero-order chi connectivity index (χ0) is 26.5. The molecule has 1 unspecified atom stereocenters. The van der Waals surface area contributed by atoms with Crippen molar-refractivity contribution in [3.63, 3.8) is 0 Å². The van der Waals surface area contributed by atoms with E-state index in [-0.39, 0.29) is 24.1 Å². The summed E-state index contributed by atoms with van der Waals surface area (Å²) < 4.78 is 0. The molecule has 38 heavy (non-hydrogen) atoms. The molecule has 0 spiro atoms. The Kier molecular flexibility index (Phi) is 7.42. The first-order valence-electron chi connectivity index (χ1n) is 12.0. The van der Waals surface area contributed by atoms with Gasteiger partial charge >= 0.3 is 0 Å². The van der Waals surface area contributed by atoms with E-state index in [1.54, 1.807) is 48.5 Å². The molecule has 1 heterocycles. The summed E-state index contributed by atoms with van der Waals surface area (Å²) in [4.78, 5) is 40.3. The molecule has 188 valence electrons. The number of benzene rings is 4. The normalized spacial score (nSPS) is 15.3. The summed E-state index contributed by atoms with van der Waals surface area (Å²) in [7, 11) is 0. The second-order valence-corrected chi connectivity index (χ2v) is 10.1. The first-order valence-corrected chi connectivity index (χ1v) is 12.9. The van der Waals surface area contributed by atoms with Crippen molar-refractivity contribution >= 4 is 52.2 Å². The maximum Gasteiger partial charge on any atom is 0.255 e. The fraction of sp³-hybridized carbons (Fsp3) is 0.100. The molecule has 1 fully saturated rings. The van der Waals surface area contributed by atoms with Crippen LogP contribution < -0.4 is 10.2 Å². The second-order valence-electron chi connectivity index (χ2n) is 8.77. The first-order chi connectivity index (χ1) is 18.5. The minimum atomic E-state index is -0.520. The fourth-order valence-corrected chi connectivity index (χ4v) is 4.99. The maximum absolute atomic E-state index is 13.1. The molecular weight excluding hydrogens is 496 g/mol. The third-order valence-electron chi connectivity index (χ3n) is 5.95. The van der Waals surface area contributed by atoms with Crippen molar-refractivity contribution in [1.29, 1.82) is 0 Å². The average molecular weight is 521 g/mol. The zero-order valence-corrected chi connectivity index (χ0v) is 21.4. The van der Waals surface area contributed by atoms with Gasteiger partial charge in [-0.1, -0.05) is 35.9 Å². The Balaban J connectivity index is 1.20. The van der Waals surface area contributed by atoms with Crippen molar-refractivity contribution in [2.75, 3.05) is 10.2 Å². The molecule has 0 saturated carbocycles. The molecule has 5 rings (SSSR count). The lowest BCUT2D eigenvalue weighted by atomic mass is 10.1. The largest absolute Gasteiger partial charge is 0.322 e. The minimum Gasteiger partial charge on any atom is -0.322 e. The van der Waals surface area contributed by atoms with Crippen LogP contribution >= 0.6 is 11.8 Å². The Bertz CT molecular complexity index is 1490. The third kappa shape index (κ3) is 5.87. The highest BCUT2D eigenvalue weighted by molar-refractivity contribution is 8.00. The molecule has 0 radical (unpaired) electrons. The van der Waals surface area contributed by atoms with Crippen LogP contribution in [0.1, 0.15) is 22.3 Å². The highest BCUT2D eigenvalue weighted by Gasteiger charge is 2.40. The summed E-state index contributed by atoms with van der Waals surface area (Å²) in [5.74, 6) is -0.686. The van der Waals surface area contributed by atoms with E-state index in [0.717, 1.165) is 16.1 Å². The van der Waals surface area contributed by atoms with E-state index >= 15 is 0 Å². The number of hydrogen-bond acceptors (Lipinski definition) is 6. The Morgan fingerprint density at radius 2 is 1.45 bits per heavy atom. The van der Waals surface area contributed by atoms with Gasteiger partial charge in [-0.05, 0) is 79.7 Å². The van der Waals surface area contributed by atoms with Crippen molar-refractivity contribution in [1.82, 2.24) is 0 Å². The Morgan fingerprint density at radius 3 is 2.11 bits per heavy atom. The number of carbonyl (C=O) groups excluding carboxylic acids is 3. The molecular formula is C30H24N4O3S. The molecule has 4 aromatic rings. The molecule has 0 aliphatic carbocycles. The number of rotatable bonds is 7. The van der Waals surface area contributed by atoms with Crippen LogP contribution in [0.25, 0.3) is 0 Å². The SMILES string of the molecule is Cc1ccc(C(=O)Nc2ccc(SC3CC(=O)N(c4ccc(N=Nc5ccccc5)cc4)C3=O)cc2)cc1. The van der Waals surface area contributed by atoms with Gasteiger partial charge in [0.25, 0.3) is 5.91 Å². The number of amides is 3. The highest BCUT2D eigenvalue weighted by atomic mass is 32.2. The molecule has 1 atom stereocenters. The monoisotopic (exact) mass is 520 g/mol. The van der Waals surface area contributed by atoms with Gasteiger partial charge < -0.3 is 5.32 Å². The third-order valence-corrected chi connectivity index (χ3v) is 7.15. The van der Waals surface area contributed by atoms with Gasteiger partial charge in [0.2, 0.25) is 11.8 Å². The van der Waals surface area contributed by atoms with E-state index in [1.807, 2.05) is 61.5 Å². The lowest BCUT2D eigenvalue weighted by Crippen LogP contribution is -2.30. The van der Waals surface area contributed by atoms with Gasteiger partial charge in [0.15, 0.2) is 0 Å². The smallest absolute Gasteiger partial charge is 0.255 e. The molecule has 0 aromatic heterocycles. The molecule has 1 N–H and O–H groups in total. The minimum absolute atomic E-state index is 0.116. The van der Waals surface area contributed by atoms with Gasteiger partial charge in [-0.3, -0.25) is 14.4 Å². The predicted molar refractivity (Wildman–Crippen MR) is 149 cm³/mol. The van der Waals surface area contributed by atoms with Crippen LogP contribution in [0.4, 0.5) is 22.7 Å². The number of aryl methyl sites for hydroxylation is 1. The van der Waals surface area contributed by atoms with Crippen LogP contribution in [0.5, 0.6) is 0 Å². The number of azo groups is 1. The van der Waals surface area contributed by atoms with Gasteiger partial charge in [0.05, 0.1) is 22.3 Å². The summed E-state index contributed by atoms with van der Waals surface area (Å²) in [6.07, 6.45) is 0.116. The van der Waals surface area contributed by atoms with Gasteiger partial charge in [-0.25, -0.2) is 4.90 Å². The van der Waals surface area contributed by atoms with E-state index in [1.165, 1.54) is 16.7 Å².